The van der Waals surface area contributed by atoms with Crippen molar-refractivity contribution in [2.24, 2.45) is 5.73 Å². The van der Waals surface area contributed by atoms with Crippen molar-refractivity contribution in [2.45, 2.75) is 18.2 Å². The van der Waals surface area contributed by atoms with Gasteiger partial charge in [0.25, 0.3) is 5.91 Å². The van der Waals surface area contributed by atoms with Gasteiger partial charge in [0.2, 0.25) is 0 Å². The van der Waals surface area contributed by atoms with Gasteiger partial charge in [-0.3, -0.25) is 4.79 Å². The number of amides is 1. The first-order valence-corrected chi connectivity index (χ1v) is 8.77. The van der Waals surface area contributed by atoms with E-state index in [0.717, 1.165) is 31.3 Å². The van der Waals surface area contributed by atoms with Gasteiger partial charge < -0.3 is 11.1 Å². The van der Waals surface area contributed by atoms with Gasteiger partial charge in [-0.2, -0.15) is 5.10 Å². The molecule has 4 rings (SSSR count). The second-order valence-corrected chi connectivity index (χ2v) is 7.22. The second kappa shape index (κ2) is 6.25. The summed E-state index contributed by atoms with van der Waals surface area (Å²) >= 11 is 0. The van der Waals surface area contributed by atoms with Crippen LogP contribution in [0.4, 0.5) is 4.39 Å². The van der Waals surface area contributed by atoms with E-state index in [1.807, 2.05) is 12.1 Å². The molecule has 0 aliphatic carbocycles. The largest absolute Gasteiger partial charge is 0.366 e. The number of carbonyl (C=O) groups excluding carboxylic acids is 1. The Bertz CT molecular complexity index is 977. The van der Waals surface area contributed by atoms with Gasteiger partial charge in [-0.05, 0) is 61.1 Å². The van der Waals surface area contributed by atoms with Crippen molar-refractivity contribution >= 4 is 24.7 Å². The summed E-state index contributed by atoms with van der Waals surface area (Å²) in [5.41, 5.74) is 8.00. The summed E-state index contributed by atoms with van der Waals surface area (Å²) in [6.07, 6.45) is 4.04. The quantitative estimate of drug-likeness (QED) is 0.703. The number of carbonyl (C=O) groups is 1. The van der Waals surface area contributed by atoms with E-state index in [2.05, 4.69) is 30.4 Å². The number of nitrogens with zero attached hydrogens (tertiary/aromatic N) is 2. The van der Waals surface area contributed by atoms with E-state index in [0.29, 0.717) is 10.9 Å². The van der Waals surface area contributed by atoms with Crippen LogP contribution in [-0.4, -0.2) is 36.6 Å². The number of hydrogen-bond acceptors (Lipinski definition) is 3. The fourth-order valence-corrected chi connectivity index (χ4v) is 3.74. The third-order valence-electron chi connectivity index (χ3n) is 5.26. The first kappa shape index (κ1) is 16.8. The minimum atomic E-state index is -0.687. The Morgan fingerprint density at radius 3 is 2.73 bits per heavy atom. The highest BCUT2D eigenvalue weighted by Gasteiger charge is 2.28. The number of rotatable bonds is 3. The first-order valence-electron chi connectivity index (χ1n) is 8.77. The van der Waals surface area contributed by atoms with Gasteiger partial charge in [0.05, 0.1) is 11.3 Å². The van der Waals surface area contributed by atoms with E-state index in [4.69, 9.17) is 5.73 Å². The van der Waals surface area contributed by atoms with E-state index in [-0.39, 0.29) is 10.9 Å². The summed E-state index contributed by atoms with van der Waals surface area (Å²) in [5.74, 6) is -1.19. The molecule has 1 aromatic heterocycles. The van der Waals surface area contributed by atoms with E-state index >= 15 is 0 Å². The highest BCUT2D eigenvalue weighted by Crippen LogP contribution is 2.29. The maximum Gasteiger partial charge on any atom is 0.251 e. The molecule has 7 heteroatoms. The number of halogens is 1. The lowest BCUT2D eigenvalue weighted by Crippen LogP contribution is -2.43. The van der Waals surface area contributed by atoms with Gasteiger partial charge in [-0.25, -0.2) is 9.07 Å². The average molecular weight is 350 g/mol. The van der Waals surface area contributed by atoms with E-state index < -0.39 is 11.7 Å². The van der Waals surface area contributed by atoms with E-state index in [9.17, 15) is 9.18 Å². The summed E-state index contributed by atoms with van der Waals surface area (Å²) < 4.78 is 15.4. The molecule has 2 heterocycles. The molecule has 5 nitrogen and oxygen atoms in total. The third kappa shape index (κ3) is 2.88. The van der Waals surface area contributed by atoms with Crippen LogP contribution in [0.25, 0.3) is 16.6 Å². The number of piperidine rings is 1. The van der Waals surface area contributed by atoms with Crippen LogP contribution in [0, 0.1) is 5.82 Å². The molecule has 3 N–H and O–H groups in total. The summed E-state index contributed by atoms with van der Waals surface area (Å²) in [4.78, 5) is 11.6. The summed E-state index contributed by atoms with van der Waals surface area (Å²) in [5, 5.41) is 8.59. The highest BCUT2D eigenvalue weighted by atomic mass is 19.1. The number of nitrogens with one attached hydrogen (secondary N) is 1. The average Bonchev–Trinajstić information content (AvgIpc) is 3.05. The Morgan fingerprint density at radius 1 is 1.31 bits per heavy atom. The van der Waals surface area contributed by atoms with Gasteiger partial charge in [0.1, 0.15) is 19.2 Å². The summed E-state index contributed by atoms with van der Waals surface area (Å²) in [6.45, 7) is 2.05. The van der Waals surface area contributed by atoms with Crippen molar-refractivity contribution in [1.29, 1.82) is 0 Å². The SMILES string of the molecule is B[C@]1(c2ccc(-n3cc4cc(F)cc(C(N)=O)c4n3)cc2)CCCNC1. The molecule has 1 saturated heterocycles. The molecule has 2 aromatic carbocycles. The minimum Gasteiger partial charge on any atom is -0.366 e. The Hall–Kier alpha value is -2.67. The van der Waals surface area contributed by atoms with Crippen LogP contribution in [0.1, 0.15) is 28.8 Å². The standard InChI is InChI=1S/C19H20BFN4O/c20-19(6-1-7-23-11-19)13-2-4-15(5-3-13)25-10-12-8-14(21)9-16(18(22)26)17(12)24-25/h2-5,8-10,23H,1,6-7,11,20H2,(H2,22,26)/t19-/m1/s1. The second-order valence-electron chi connectivity index (χ2n) is 7.22. The Balaban J connectivity index is 1.72. The van der Waals surface area contributed by atoms with Crippen molar-refractivity contribution in [3.05, 3.63) is 59.5 Å². The summed E-state index contributed by atoms with van der Waals surface area (Å²) in [6, 6.07) is 10.7. The molecule has 1 aliphatic heterocycles. The normalized spacial score (nSPS) is 20.3. The maximum absolute atomic E-state index is 13.7. The number of benzene rings is 2. The lowest BCUT2D eigenvalue weighted by atomic mass is 9.60. The van der Waals surface area contributed by atoms with Crippen molar-refractivity contribution in [1.82, 2.24) is 15.1 Å². The topological polar surface area (TPSA) is 72.9 Å². The maximum atomic E-state index is 13.7. The predicted molar refractivity (Wildman–Crippen MR) is 102 cm³/mol. The number of fused-ring (bicyclic) bond motifs is 1. The molecule has 1 atom stereocenters. The third-order valence-corrected chi connectivity index (χ3v) is 5.26. The van der Waals surface area contributed by atoms with Crippen molar-refractivity contribution in [3.8, 4) is 5.69 Å². The number of primary amides is 1. The monoisotopic (exact) mass is 350 g/mol. The highest BCUT2D eigenvalue weighted by molar-refractivity contribution is 6.16. The summed E-state index contributed by atoms with van der Waals surface area (Å²) in [7, 11) is 2.28. The fraction of sp³-hybridized carbons (Fsp3) is 0.263. The van der Waals surface area contributed by atoms with Crippen molar-refractivity contribution < 1.29 is 9.18 Å². The van der Waals surface area contributed by atoms with Crippen LogP contribution in [0.5, 0.6) is 0 Å². The Morgan fingerprint density at radius 2 is 2.08 bits per heavy atom. The van der Waals surface area contributed by atoms with Crippen LogP contribution < -0.4 is 11.1 Å². The van der Waals surface area contributed by atoms with Crippen LogP contribution >= 0.6 is 0 Å². The molecule has 0 unspecified atom stereocenters. The molecule has 1 aliphatic rings. The van der Waals surface area contributed by atoms with E-state index in [1.165, 1.54) is 18.1 Å². The van der Waals surface area contributed by atoms with E-state index in [1.54, 1.807) is 10.9 Å². The Labute approximate surface area is 151 Å². The molecule has 1 amide bonds. The van der Waals surface area contributed by atoms with Gasteiger partial charge >= 0.3 is 0 Å². The molecule has 1 fully saturated rings. The molecule has 0 spiro atoms. The molecular weight excluding hydrogens is 330 g/mol. The first-order chi connectivity index (χ1) is 12.5. The van der Waals surface area contributed by atoms with Gasteiger partial charge in [-0.15, -0.1) is 0 Å². The number of hydrogen-bond donors (Lipinski definition) is 2. The van der Waals surface area contributed by atoms with Gasteiger partial charge in [-0.1, -0.05) is 12.1 Å². The predicted octanol–water partition coefficient (Wildman–Crippen LogP) is 1.48. The smallest absolute Gasteiger partial charge is 0.251 e. The van der Waals surface area contributed by atoms with Crippen LogP contribution in [-0.2, 0) is 5.31 Å². The number of nitrogens with two attached hydrogens (primary N) is 1. The molecular formula is C19H20BFN4O. The van der Waals surface area contributed by atoms with Gasteiger partial charge in [0.15, 0.2) is 0 Å². The zero-order valence-corrected chi connectivity index (χ0v) is 14.6. The molecule has 0 bridgehead atoms. The van der Waals surface area contributed by atoms with Crippen LogP contribution in [0.3, 0.4) is 0 Å². The zero-order valence-electron chi connectivity index (χ0n) is 14.6. The molecule has 3 aromatic rings. The van der Waals surface area contributed by atoms with Crippen LogP contribution in [0.2, 0.25) is 0 Å². The fourth-order valence-electron chi connectivity index (χ4n) is 3.74. The minimum absolute atomic E-state index is 0.0937. The lowest BCUT2D eigenvalue weighted by Gasteiger charge is -2.35. The molecule has 132 valence electrons. The molecule has 26 heavy (non-hydrogen) atoms. The molecule has 0 radical (unpaired) electrons. The van der Waals surface area contributed by atoms with Crippen LogP contribution in [0.15, 0.2) is 42.6 Å². The molecule has 0 saturated carbocycles. The van der Waals surface area contributed by atoms with Crippen molar-refractivity contribution in [2.75, 3.05) is 13.1 Å². The number of aromatic nitrogens is 2. The van der Waals surface area contributed by atoms with Crippen molar-refractivity contribution in [3.63, 3.8) is 0 Å². The zero-order chi connectivity index (χ0) is 18.3. The lowest BCUT2D eigenvalue weighted by molar-refractivity contribution is 0.100. The Kier molecular flexibility index (Phi) is 4.03. The van der Waals surface area contributed by atoms with Gasteiger partial charge in [0, 0.05) is 11.6 Å².